The molecule has 6 heteroatoms. The standard InChI is InChI=1S/C14H17N3O2S/c1-18-11-3-2-10-8-17(4-5-19-13(10)6-11)9-12-7-16-14(15)20-12/h2-3,6-7H,4-5,8-9H2,1H3,(H2,15,16). The number of rotatable bonds is 3. The van der Waals surface area contributed by atoms with Gasteiger partial charge in [0.1, 0.15) is 18.1 Å². The minimum atomic E-state index is 0.621. The van der Waals surface area contributed by atoms with E-state index >= 15 is 0 Å². The van der Waals surface area contributed by atoms with Crippen LogP contribution >= 0.6 is 11.3 Å². The highest BCUT2D eigenvalue weighted by molar-refractivity contribution is 7.15. The van der Waals surface area contributed by atoms with Crippen LogP contribution in [0.2, 0.25) is 0 Å². The van der Waals surface area contributed by atoms with Crippen molar-refractivity contribution in [2.45, 2.75) is 13.1 Å². The first-order valence-electron chi connectivity index (χ1n) is 6.47. The number of thiazole rings is 1. The molecule has 0 atom stereocenters. The Hall–Kier alpha value is -1.79. The number of nitrogen functional groups attached to an aromatic ring is 1. The summed E-state index contributed by atoms with van der Waals surface area (Å²) < 4.78 is 11.0. The predicted molar refractivity (Wildman–Crippen MR) is 79.1 cm³/mol. The minimum Gasteiger partial charge on any atom is -0.497 e. The molecular weight excluding hydrogens is 274 g/mol. The van der Waals surface area contributed by atoms with Gasteiger partial charge in [-0.05, 0) is 6.07 Å². The lowest BCUT2D eigenvalue weighted by atomic mass is 10.2. The molecule has 0 bridgehead atoms. The molecule has 3 rings (SSSR count). The van der Waals surface area contributed by atoms with Crippen LogP contribution < -0.4 is 15.2 Å². The van der Waals surface area contributed by atoms with Crippen molar-refractivity contribution in [1.82, 2.24) is 9.88 Å². The third-order valence-electron chi connectivity index (χ3n) is 3.28. The molecule has 0 radical (unpaired) electrons. The molecule has 0 amide bonds. The minimum absolute atomic E-state index is 0.621. The second kappa shape index (κ2) is 5.68. The maximum Gasteiger partial charge on any atom is 0.180 e. The van der Waals surface area contributed by atoms with Crippen molar-refractivity contribution in [1.29, 1.82) is 0 Å². The molecule has 1 aliphatic rings. The highest BCUT2D eigenvalue weighted by Crippen LogP contribution is 2.28. The van der Waals surface area contributed by atoms with Gasteiger partial charge in [0.15, 0.2) is 5.13 Å². The number of anilines is 1. The summed E-state index contributed by atoms with van der Waals surface area (Å²) in [5.41, 5.74) is 6.85. The molecule has 2 N–H and O–H groups in total. The average Bonchev–Trinajstić information content (AvgIpc) is 2.74. The monoisotopic (exact) mass is 291 g/mol. The molecular formula is C14H17N3O2S. The lowest BCUT2D eigenvalue weighted by Crippen LogP contribution is -2.24. The molecule has 0 unspecified atom stereocenters. The number of methoxy groups -OCH3 is 1. The number of hydrogen-bond donors (Lipinski definition) is 1. The van der Waals surface area contributed by atoms with Crippen LogP contribution in [0.1, 0.15) is 10.4 Å². The van der Waals surface area contributed by atoms with Crippen LogP contribution in [-0.4, -0.2) is 30.1 Å². The van der Waals surface area contributed by atoms with Gasteiger partial charge in [-0.2, -0.15) is 0 Å². The van der Waals surface area contributed by atoms with Crippen molar-refractivity contribution >= 4 is 16.5 Å². The quantitative estimate of drug-likeness (QED) is 0.938. The summed E-state index contributed by atoms with van der Waals surface area (Å²) in [4.78, 5) is 7.61. The zero-order valence-corrected chi connectivity index (χ0v) is 12.2. The molecule has 0 spiro atoms. The second-order valence-electron chi connectivity index (χ2n) is 4.70. The fourth-order valence-corrected chi connectivity index (χ4v) is 3.01. The Balaban J connectivity index is 1.75. The van der Waals surface area contributed by atoms with Gasteiger partial charge >= 0.3 is 0 Å². The van der Waals surface area contributed by atoms with E-state index in [9.17, 15) is 0 Å². The van der Waals surface area contributed by atoms with Gasteiger partial charge in [-0.15, -0.1) is 11.3 Å². The first-order chi connectivity index (χ1) is 9.74. The maximum atomic E-state index is 5.81. The number of hydrogen-bond acceptors (Lipinski definition) is 6. The van der Waals surface area contributed by atoms with Gasteiger partial charge in [0, 0.05) is 42.3 Å². The van der Waals surface area contributed by atoms with Gasteiger partial charge in [0.25, 0.3) is 0 Å². The smallest absolute Gasteiger partial charge is 0.180 e. The summed E-state index contributed by atoms with van der Waals surface area (Å²) in [6.07, 6.45) is 1.85. The summed E-state index contributed by atoms with van der Waals surface area (Å²) >= 11 is 1.54. The molecule has 0 fully saturated rings. The van der Waals surface area contributed by atoms with Crippen LogP contribution in [0.25, 0.3) is 0 Å². The predicted octanol–water partition coefficient (Wildman–Crippen LogP) is 2.13. The first kappa shape index (κ1) is 13.2. The van der Waals surface area contributed by atoms with Crippen molar-refractivity contribution in [2.75, 3.05) is 26.0 Å². The second-order valence-corrected chi connectivity index (χ2v) is 5.84. The van der Waals surface area contributed by atoms with Crippen LogP contribution in [0.15, 0.2) is 24.4 Å². The van der Waals surface area contributed by atoms with E-state index in [-0.39, 0.29) is 0 Å². The summed E-state index contributed by atoms with van der Waals surface area (Å²) in [7, 11) is 1.67. The lowest BCUT2D eigenvalue weighted by molar-refractivity contribution is 0.221. The van der Waals surface area contributed by atoms with Crippen molar-refractivity contribution in [3.8, 4) is 11.5 Å². The van der Waals surface area contributed by atoms with E-state index in [0.29, 0.717) is 11.7 Å². The Bertz CT molecular complexity index is 600. The molecule has 0 saturated heterocycles. The van der Waals surface area contributed by atoms with Gasteiger partial charge in [0.05, 0.1) is 7.11 Å². The van der Waals surface area contributed by atoms with Crippen LogP contribution in [0.4, 0.5) is 5.13 Å². The average molecular weight is 291 g/mol. The van der Waals surface area contributed by atoms with Gasteiger partial charge in [-0.1, -0.05) is 6.07 Å². The largest absolute Gasteiger partial charge is 0.497 e. The van der Waals surface area contributed by atoms with Gasteiger partial charge in [-0.25, -0.2) is 4.98 Å². The Labute approximate surface area is 121 Å². The van der Waals surface area contributed by atoms with Crippen LogP contribution in [0.3, 0.4) is 0 Å². The highest BCUT2D eigenvalue weighted by atomic mass is 32.1. The van der Waals surface area contributed by atoms with E-state index in [1.165, 1.54) is 21.8 Å². The van der Waals surface area contributed by atoms with Gasteiger partial charge in [0.2, 0.25) is 0 Å². The van der Waals surface area contributed by atoms with E-state index in [1.54, 1.807) is 7.11 Å². The molecule has 20 heavy (non-hydrogen) atoms. The van der Waals surface area contributed by atoms with Crippen molar-refractivity contribution in [2.24, 2.45) is 0 Å². The first-order valence-corrected chi connectivity index (χ1v) is 7.28. The summed E-state index contributed by atoms with van der Waals surface area (Å²) in [5, 5.41) is 0.621. The molecule has 1 aromatic heterocycles. The van der Waals surface area contributed by atoms with E-state index in [2.05, 4.69) is 16.0 Å². The fraction of sp³-hybridized carbons (Fsp3) is 0.357. The number of aromatic nitrogens is 1. The van der Waals surface area contributed by atoms with Crippen LogP contribution in [-0.2, 0) is 13.1 Å². The summed E-state index contributed by atoms with van der Waals surface area (Å²) in [5.74, 6) is 1.74. The van der Waals surface area contributed by atoms with E-state index in [4.69, 9.17) is 15.2 Å². The summed E-state index contributed by atoms with van der Waals surface area (Å²) in [6, 6.07) is 5.98. The number of nitrogens with zero attached hydrogens (tertiary/aromatic N) is 2. The molecule has 1 aromatic carbocycles. The molecule has 5 nitrogen and oxygen atoms in total. The fourth-order valence-electron chi connectivity index (χ4n) is 2.28. The van der Waals surface area contributed by atoms with E-state index in [1.807, 2.05) is 18.3 Å². The number of nitrogens with two attached hydrogens (primary N) is 1. The normalized spacial score (nSPS) is 15.2. The lowest BCUT2D eigenvalue weighted by Gasteiger charge is -2.17. The number of benzene rings is 1. The molecule has 1 aliphatic heterocycles. The molecule has 0 saturated carbocycles. The van der Waals surface area contributed by atoms with E-state index in [0.717, 1.165) is 31.1 Å². The molecule has 2 heterocycles. The Kier molecular flexibility index (Phi) is 3.75. The number of fused-ring (bicyclic) bond motifs is 1. The topological polar surface area (TPSA) is 60.6 Å². The van der Waals surface area contributed by atoms with Crippen LogP contribution in [0.5, 0.6) is 11.5 Å². The molecule has 106 valence electrons. The Morgan fingerprint density at radius 3 is 3.15 bits per heavy atom. The Morgan fingerprint density at radius 1 is 1.50 bits per heavy atom. The van der Waals surface area contributed by atoms with Crippen LogP contribution in [0, 0.1) is 0 Å². The number of ether oxygens (including phenoxy) is 2. The SMILES string of the molecule is COc1ccc2c(c1)OCCN(Cc1cnc(N)s1)C2. The zero-order valence-electron chi connectivity index (χ0n) is 11.3. The third kappa shape index (κ3) is 2.86. The van der Waals surface area contributed by atoms with Crippen molar-refractivity contribution in [3.05, 3.63) is 34.8 Å². The highest BCUT2D eigenvalue weighted by Gasteiger charge is 2.17. The van der Waals surface area contributed by atoms with E-state index < -0.39 is 0 Å². The third-order valence-corrected chi connectivity index (χ3v) is 4.10. The zero-order chi connectivity index (χ0) is 13.9. The summed E-state index contributed by atoms with van der Waals surface area (Å²) in [6.45, 7) is 3.27. The maximum absolute atomic E-state index is 5.81. The molecule has 0 aliphatic carbocycles. The molecule has 2 aromatic rings. The Morgan fingerprint density at radius 2 is 2.40 bits per heavy atom. The van der Waals surface area contributed by atoms with Crippen molar-refractivity contribution in [3.63, 3.8) is 0 Å². The van der Waals surface area contributed by atoms with Crippen molar-refractivity contribution < 1.29 is 9.47 Å². The van der Waals surface area contributed by atoms with Gasteiger partial charge in [-0.3, -0.25) is 4.90 Å². The van der Waals surface area contributed by atoms with Gasteiger partial charge < -0.3 is 15.2 Å².